The second-order valence-electron chi connectivity index (χ2n) is 7.03. The molecule has 1 aliphatic heterocycles. The molecule has 5 nitrogen and oxygen atoms in total. The second-order valence-corrected chi connectivity index (χ2v) is 7.95. The normalized spacial score (nSPS) is 14.6. The first-order valence-corrected chi connectivity index (χ1v) is 10.1. The maximum atomic E-state index is 13.4. The van der Waals surface area contributed by atoms with Crippen LogP contribution in [0.25, 0.3) is 0 Å². The van der Waals surface area contributed by atoms with Crippen molar-refractivity contribution in [3.05, 3.63) is 58.3 Å². The molecule has 0 radical (unpaired) electrons. The van der Waals surface area contributed by atoms with Crippen LogP contribution in [0, 0.1) is 5.82 Å². The Morgan fingerprint density at radius 2 is 1.93 bits per heavy atom. The molecule has 1 aliphatic rings. The molecule has 1 saturated heterocycles. The average Bonchev–Trinajstić information content (AvgIpc) is 3.15. The van der Waals surface area contributed by atoms with E-state index in [1.54, 1.807) is 6.92 Å². The Balaban J connectivity index is 1.54. The van der Waals surface area contributed by atoms with E-state index in [2.05, 4.69) is 31.5 Å². The van der Waals surface area contributed by atoms with E-state index in [-0.39, 0.29) is 17.9 Å². The molecule has 2 amide bonds. The van der Waals surface area contributed by atoms with Crippen molar-refractivity contribution in [2.24, 2.45) is 0 Å². The van der Waals surface area contributed by atoms with Crippen molar-refractivity contribution < 1.29 is 14.0 Å². The zero-order chi connectivity index (χ0) is 20.1. The number of anilines is 2. The van der Waals surface area contributed by atoms with Gasteiger partial charge in [0.2, 0.25) is 5.91 Å². The van der Waals surface area contributed by atoms with Gasteiger partial charge in [-0.05, 0) is 56.2 Å². The van der Waals surface area contributed by atoms with Crippen LogP contribution in [0.4, 0.5) is 15.8 Å². The minimum absolute atomic E-state index is 0.121. The van der Waals surface area contributed by atoms with Gasteiger partial charge in [0.1, 0.15) is 5.82 Å². The quantitative estimate of drug-likeness (QED) is 0.692. The third-order valence-electron chi connectivity index (χ3n) is 4.59. The Morgan fingerprint density at radius 3 is 2.64 bits per heavy atom. The lowest BCUT2D eigenvalue weighted by atomic mass is 10.1. The van der Waals surface area contributed by atoms with Gasteiger partial charge in [-0.15, -0.1) is 0 Å². The van der Waals surface area contributed by atoms with Crippen LogP contribution in [0.1, 0.15) is 36.5 Å². The summed E-state index contributed by atoms with van der Waals surface area (Å²) in [6, 6.07) is 11.4. The molecule has 0 bridgehead atoms. The Morgan fingerprint density at radius 1 is 1.18 bits per heavy atom. The van der Waals surface area contributed by atoms with Crippen molar-refractivity contribution in [1.82, 2.24) is 5.32 Å². The van der Waals surface area contributed by atoms with Gasteiger partial charge < -0.3 is 15.5 Å². The molecule has 7 heteroatoms. The van der Waals surface area contributed by atoms with Gasteiger partial charge in [-0.3, -0.25) is 9.59 Å². The minimum Gasteiger partial charge on any atom is -0.371 e. The lowest BCUT2D eigenvalue weighted by Gasteiger charge is -2.19. The maximum Gasteiger partial charge on any atom is 0.251 e. The zero-order valence-electron chi connectivity index (χ0n) is 15.7. The molecule has 28 heavy (non-hydrogen) atoms. The van der Waals surface area contributed by atoms with Crippen molar-refractivity contribution in [2.45, 2.75) is 32.2 Å². The molecule has 148 valence electrons. The van der Waals surface area contributed by atoms with Crippen LogP contribution in [0.5, 0.6) is 0 Å². The van der Waals surface area contributed by atoms with Crippen molar-refractivity contribution in [3.63, 3.8) is 0 Å². The highest BCUT2D eigenvalue weighted by Gasteiger charge is 2.16. The third-order valence-corrected chi connectivity index (χ3v) is 5.05. The maximum absolute atomic E-state index is 13.4. The molecule has 2 N–H and O–H groups in total. The number of carbonyl (C=O) groups is 2. The van der Waals surface area contributed by atoms with E-state index in [1.165, 1.54) is 25.0 Å². The average molecular weight is 448 g/mol. The molecular formula is C21H23BrFN3O2. The number of halogens is 2. The number of rotatable bonds is 6. The predicted octanol–water partition coefficient (Wildman–Crippen LogP) is 4.34. The number of nitrogens with one attached hydrogen (secondary N) is 2. The van der Waals surface area contributed by atoms with Crippen molar-refractivity contribution in [1.29, 1.82) is 0 Å². The number of hydrogen-bond donors (Lipinski definition) is 2. The predicted molar refractivity (Wildman–Crippen MR) is 112 cm³/mol. The summed E-state index contributed by atoms with van der Waals surface area (Å²) in [5, 5.41) is 5.61. The number of amides is 2. The SMILES string of the molecule is CC(CC(=O)Nc1cccc(N2CCCC2)c1)NC(=O)c1cc(F)cc(Br)c1. The molecule has 2 aromatic rings. The topological polar surface area (TPSA) is 61.4 Å². The van der Waals surface area contributed by atoms with Gasteiger partial charge in [-0.1, -0.05) is 22.0 Å². The first-order chi connectivity index (χ1) is 13.4. The van der Waals surface area contributed by atoms with E-state index in [4.69, 9.17) is 0 Å². The Bertz CT molecular complexity index is 848. The van der Waals surface area contributed by atoms with E-state index in [0.717, 1.165) is 30.5 Å². The van der Waals surface area contributed by atoms with E-state index < -0.39 is 17.8 Å². The first kappa shape index (κ1) is 20.3. The van der Waals surface area contributed by atoms with Gasteiger partial charge >= 0.3 is 0 Å². The Labute approximate surface area is 172 Å². The fourth-order valence-electron chi connectivity index (χ4n) is 3.29. The van der Waals surface area contributed by atoms with Crippen LogP contribution in [0.15, 0.2) is 46.9 Å². The summed E-state index contributed by atoms with van der Waals surface area (Å²) in [5.41, 5.74) is 2.05. The van der Waals surface area contributed by atoms with Crippen molar-refractivity contribution >= 4 is 39.1 Å². The largest absolute Gasteiger partial charge is 0.371 e. The smallest absolute Gasteiger partial charge is 0.251 e. The molecule has 1 heterocycles. The molecule has 0 aliphatic carbocycles. The molecule has 0 spiro atoms. The van der Waals surface area contributed by atoms with Gasteiger partial charge in [-0.25, -0.2) is 4.39 Å². The number of carbonyl (C=O) groups excluding carboxylic acids is 2. The van der Waals surface area contributed by atoms with Crippen molar-refractivity contribution in [3.8, 4) is 0 Å². The highest BCUT2D eigenvalue weighted by atomic mass is 79.9. The van der Waals surface area contributed by atoms with E-state index >= 15 is 0 Å². The monoisotopic (exact) mass is 447 g/mol. The minimum atomic E-state index is -0.497. The fraction of sp³-hybridized carbons (Fsp3) is 0.333. The van der Waals surface area contributed by atoms with Crippen LogP contribution in [0.3, 0.4) is 0 Å². The Kier molecular flexibility index (Phi) is 6.67. The van der Waals surface area contributed by atoms with Crippen LogP contribution < -0.4 is 15.5 Å². The summed E-state index contributed by atoms with van der Waals surface area (Å²) in [7, 11) is 0. The summed E-state index contributed by atoms with van der Waals surface area (Å²) >= 11 is 3.17. The van der Waals surface area contributed by atoms with Gasteiger partial charge in [0.05, 0.1) is 0 Å². The van der Waals surface area contributed by atoms with Gasteiger partial charge in [0, 0.05) is 47.0 Å². The molecule has 2 aromatic carbocycles. The lowest BCUT2D eigenvalue weighted by molar-refractivity contribution is -0.116. The molecule has 0 saturated carbocycles. The van der Waals surface area contributed by atoms with Crippen LogP contribution in [-0.4, -0.2) is 30.9 Å². The van der Waals surface area contributed by atoms with E-state index in [1.807, 2.05) is 24.3 Å². The standard InChI is InChI=1S/C21H23BrFN3O2/c1-14(24-21(28)15-10-16(22)12-17(23)11-15)9-20(27)25-18-5-4-6-19(13-18)26-7-2-3-8-26/h4-6,10-14H,2-3,7-9H2,1H3,(H,24,28)(H,25,27). The molecule has 1 unspecified atom stereocenters. The third kappa shape index (κ3) is 5.55. The van der Waals surface area contributed by atoms with E-state index in [0.29, 0.717) is 4.47 Å². The number of hydrogen-bond acceptors (Lipinski definition) is 3. The molecule has 1 fully saturated rings. The summed E-state index contributed by atoms with van der Waals surface area (Å²) in [6.07, 6.45) is 2.50. The Hall–Kier alpha value is -2.41. The van der Waals surface area contributed by atoms with Gasteiger partial charge in [0.15, 0.2) is 0 Å². The molecule has 3 rings (SSSR count). The van der Waals surface area contributed by atoms with E-state index in [9.17, 15) is 14.0 Å². The number of nitrogens with zero attached hydrogens (tertiary/aromatic N) is 1. The molecule has 0 aromatic heterocycles. The van der Waals surface area contributed by atoms with Crippen molar-refractivity contribution in [2.75, 3.05) is 23.3 Å². The van der Waals surface area contributed by atoms with Crippen LogP contribution in [0.2, 0.25) is 0 Å². The zero-order valence-corrected chi connectivity index (χ0v) is 17.3. The van der Waals surface area contributed by atoms with Crippen LogP contribution >= 0.6 is 15.9 Å². The van der Waals surface area contributed by atoms with Gasteiger partial charge in [0.25, 0.3) is 5.91 Å². The molecular weight excluding hydrogens is 425 g/mol. The lowest BCUT2D eigenvalue weighted by Crippen LogP contribution is -2.35. The summed E-state index contributed by atoms with van der Waals surface area (Å²) in [4.78, 5) is 26.9. The molecule has 1 atom stereocenters. The highest BCUT2D eigenvalue weighted by molar-refractivity contribution is 9.10. The number of benzene rings is 2. The summed E-state index contributed by atoms with van der Waals surface area (Å²) < 4.78 is 13.9. The second kappa shape index (κ2) is 9.19. The first-order valence-electron chi connectivity index (χ1n) is 9.32. The summed E-state index contributed by atoms with van der Waals surface area (Å²) in [6.45, 7) is 3.82. The highest BCUT2D eigenvalue weighted by Crippen LogP contribution is 2.23. The van der Waals surface area contributed by atoms with Crippen LogP contribution in [-0.2, 0) is 4.79 Å². The summed E-state index contributed by atoms with van der Waals surface area (Å²) in [5.74, 6) is -1.11. The van der Waals surface area contributed by atoms with Gasteiger partial charge in [-0.2, -0.15) is 0 Å². The fourth-order valence-corrected chi connectivity index (χ4v) is 3.75.